The van der Waals surface area contributed by atoms with Crippen molar-refractivity contribution in [2.75, 3.05) is 32.0 Å². The number of imide groups is 1. The van der Waals surface area contributed by atoms with Gasteiger partial charge in [0.05, 0.1) is 0 Å². The Balaban J connectivity index is 1.94. The summed E-state index contributed by atoms with van der Waals surface area (Å²) in [6.45, 7) is 3.35. The van der Waals surface area contributed by atoms with Gasteiger partial charge < -0.3 is 15.5 Å². The molecule has 0 aromatic heterocycles. The largest absolute Gasteiger partial charge is 0.327 e. The van der Waals surface area contributed by atoms with E-state index >= 15 is 0 Å². The van der Waals surface area contributed by atoms with E-state index in [4.69, 9.17) is 0 Å². The Labute approximate surface area is 129 Å². The van der Waals surface area contributed by atoms with Crippen LogP contribution >= 0.6 is 0 Å². The highest BCUT2D eigenvalue weighted by atomic mass is 16.2. The summed E-state index contributed by atoms with van der Waals surface area (Å²) in [4.78, 5) is 37.6. The fourth-order valence-corrected chi connectivity index (χ4v) is 2.20. The summed E-state index contributed by atoms with van der Waals surface area (Å²) in [5, 5.41) is 5.91. The summed E-state index contributed by atoms with van der Waals surface area (Å²) in [5.74, 6) is -0.749. The molecule has 7 heteroatoms. The van der Waals surface area contributed by atoms with Crippen molar-refractivity contribution in [2.24, 2.45) is 0 Å². The van der Waals surface area contributed by atoms with Crippen molar-refractivity contribution < 1.29 is 14.4 Å². The summed E-state index contributed by atoms with van der Waals surface area (Å²) >= 11 is 0. The molecule has 22 heavy (non-hydrogen) atoms. The third-order valence-electron chi connectivity index (χ3n) is 3.32. The van der Waals surface area contributed by atoms with Crippen LogP contribution in [0.2, 0.25) is 0 Å². The predicted molar refractivity (Wildman–Crippen MR) is 82.2 cm³/mol. The first-order valence-electron chi connectivity index (χ1n) is 7.16. The van der Waals surface area contributed by atoms with E-state index in [-0.39, 0.29) is 19.0 Å². The van der Waals surface area contributed by atoms with Crippen LogP contribution in [0.3, 0.4) is 0 Å². The van der Waals surface area contributed by atoms with E-state index in [1.54, 1.807) is 6.07 Å². The highest BCUT2D eigenvalue weighted by Gasteiger charge is 2.34. The maximum atomic E-state index is 12.0. The molecule has 1 fully saturated rings. The van der Waals surface area contributed by atoms with E-state index in [0.29, 0.717) is 12.2 Å². The quantitative estimate of drug-likeness (QED) is 0.755. The number of hydrogen-bond donors (Lipinski definition) is 2. The van der Waals surface area contributed by atoms with Gasteiger partial charge in [0, 0.05) is 19.3 Å². The average molecular weight is 304 g/mol. The molecular weight excluding hydrogens is 284 g/mol. The highest BCUT2D eigenvalue weighted by molar-refractivity contribution is 6.06. The first kappa shape index (κ1) is 16.0. The Morgan fingerprint density at radius 1 is 1.32 bits per heavy atom. The molecule has 1 aromatic carbocycles. The Kier molecular flexibility index (Phi) is 5.11. The molecule has 4 amide bonds. The number of amides is 4. The van der Waals surface area contributed by atoms with Crippen LogP contribution in [0.15, 0.2) is 24.3 Å². The molecule has 2 N–H and O–H groups in total. The number of carbonyl (C=O) groups excluding carboxylic acids is 3. The number of benzene rings is 1. The first-order chi connectivity index (χ1) is 10.5. The number of urea groups is 1. The molecule has 1 aromatic rings. The first-order valence-corrected chi connectivity index (χ1v) is 7.16. The summed E-state index contributed by atoms with van der Waals surface area (Å²) < 4.78 is 0. The second-order valence-electron chi connectivity index (χ2n) is 5.15. The number of nitrogens with one attached hydrogen (secondary N) is 2. The fourth-order valence-electron chi connectivity index (χ4n) is 2.20. The molecule has 1 aliphatic heterocycles. The topological polar surface area (TPSA) is 81.8 Å². The second-order valence-corrected chi connectivity index (χ2v) is 5.15. The minimum atomic E-state index is -0.443. The molecule has 1 aliphatic rings. The summed E-state index contributed by atoms with van der Waals surface area (Å²) in [6, 6.07) is 7.00. The minimum Gasteiger partial charge on any atom is -0.325 e. The van der Waals surface area contributed by atoms with Gasteiger partial charge in [-0.05, 0) is 24.2 Å². The van der Waals surface area contributed by atoms with Gasteiger partial charge in [-0.2, -0.15) is 0 Å². The molecule has 0 radical (unpaired) electrons. The van der Waals surface area contributed by atoms with Crippen LogP contribution in [-0.2, 0) is 16.1 Å². The molecule has 1 saturated heterocycles. The lowest BCUT2D eigenvalue weighted by Crippen LogP contribution is -2.38. The lowest BCUT2D eigenvalue weighted by molar-refractivity contribution is -0.129. The monoisotopic (exact) mass is 304 g/mol. The Hall–Kier alpha value is -2.41. The van der Waals surface area contributed by atoms with Gasteiger partial charge in [-0.1, -0.05) is 19.1 Å². The zero-order chi connectivity index (χ0) is 16.1. The average Bonchev–Trinajstić information content (AvgIpc) is 2.72. The number of likely N-dealkylation sites (N-methyl/N-ethyl adjacent to an activating group) is 1. The molecule has 0 spiro atoms. The molecule has 0 saturated carbocycles. The Bertz CT molecular complexity index is 588. The molecule has 0 aliphatic carbocycles. The predicted octanol–water partition coefficient (Wildman–Crippen LogP) is 0.629. The van der Waals surface area contributed by atoms with E-state index in [9.17, 15) is 14.4 Å². The van der Waals surface area contributed by atoms with E-state index in [2.05, 4.69) is 10.6 Å². The molecule has 0 bridgehead atoms. The minimum absolute atomic E-state index is 0.0181. The molecule has 0 atom stereocenters. The molecule has 7 nitrogen and oxygen atoms in total. The van der Waals surface area contributed by atoms with Crippen molar-refractivity contribution in [3.8, 4) is 0 Å². The zero-order valence-electron chi connectivity index (χ0n) is 12.8. The fraction of sp³-hybridized carbons (Fsp3) is 0.400. The van der Waals surface area contributed by atoms with Crippen LogP contribution in [0.4, 0.5) is 10.5 Å². The molecule has 0 unspecified atom stereocenters. The Morgan fingerprint density at radius 3 is 2.73 bits per heavy atom. The van der Waals surface area contributed by atoms with Crippen LogP contribution in [0.1, 0.15) is 12.5 Å². The van der Waals surface area contributed by atoms with Crippen LogP contribution in [0, 0.1) is 0 Å². The summed E-state index contributed by atoms with van der Waals surface area (Å²) in [5.41, 5.74) is 1.69. The molecule has 1 heterocycles. The van der Waals surface area contributed by atoms with E-state index in [1.807, 2.05) is 25.1 Å². The maximum absolute atomic E-state index is 12.0. The van der Waals surface area contributed by atoms with Crippen LogP contribution < -0.4 is 10.6 Å². The lowest BCUT2D eigenvalue weighted by Gasteiger charge is -2.14. The van der Waals surface area contributed by atoms with Gasteiger partial charge in [-0.25, -0.2) is 4.79 Å². The summed E-state index contributed by atoms with van der Waals surface area (Å²) in [6.07, 6.45) is 0. The van der Waals surface area contributed by atoms with Crippen molar-refractivity contribution in [1.82, 2.24) is 15.1 Å². The standard InChI is InChI=1S/C15H20N4O3/c1-3-16-8-11-5-4-6-12(7-11)17-13(20)9-19-14(21)10-18(2)15(19)22/h4-7,16H,3,8-10H2,1-2H3,(H,17,20). The SMILES string of the molecule is CCNCc1cccc(NC(=O)CN2C(=O)CN(C)C2=O)c1. The zero-order valence-corrected chi connectivity index (χ0v) is 12.8. The second kappa shape index (κ2) is 7.04. The van der Waals surface area contributed by atoms with Crippen molar-refractivity contribution >= 4 is 23.5 Å². The van der Waals surface area contributed by atoms with Crippen molar-refractivity contribution in [3.05, 3.63) is 29.8 Å². The number of hydrogen-bond acceptors (Lipinski definition) is 4. The van der Waals surface area contributed by atoms with E-state index in [1.165, 1.54) is 11.9 Å². The van der Waals surface area contributed by atoms with Crippen molar-refractivity contribution in [1.29, 1.82) is 0 Å². The molecular formula is C15H20N4O3. The van der Waals surface area contributed by atoms with E-state index in [0.717, 1.165) is 17.0 Å². The number of anilines is 1. The smallest absolute Gasteiger partial charge is 0.325 e. The molecule has 2 rings (SSSR count). The van der Waals surface area contributed by atoms with Gasteiger partial charge >= 0.3 is 6.03 Å². The third-order valence-corrected chi connectivity index (χ3v) is 3.32. The normalized spacial score (nSPS) is 14.6. The van der Waals surface area contributed by atoms with Crippen LogP contribution in [0.25, 0.3) is 0 Å². The van der Waals surface area contributed by atoms with Crippen LogP contribution in [-0.4, -0.2) is 54.3 Å². The van der Waals surface area contributed by atoms with Gasteiger partial charge in [0.15, 0.2) is 0 Å². The summed E-state index contributed by atoms with van der Waals surface area (Å²) in [7, 11) is 1.53. The van der Waals surface area contributed by atoms with Gasteiger partial charge in [-0.15, -0.1) is 0 Å². The van der Waals surface area contributed by atoms with Gasteiger partial charge in [0.1, 0.15) is 13.1 Å². The molecule has 118 valence electrons. The number of carbonyl (C=O) groups is 3. The van der Waals surface area contributed by atoms with Crippen molar-refractivity contribution in [2.45, 2.75) is 13.5 Å². The van der Waals surface area contributed by atoms with Crippen LogP contribution in [0.5, 0.6) is 0 Å². The van der Waals surface area contributed by atoms with Gasteiger partial charge in [0.2, 0.25) is 5.91 Å². The maximum Gasteiger partial charge on any atom is 0.327 e. The highest BCUT2D eigenvalue weighted by Crippen LogP contribution is 2.12. The Morgan fingerprint density at radius 2 is 2.09 bits per heavy atom. The van der Waals surface area contributed by atoms with Gasteiger partial charge in [-0.3, -0.25) is 14.5 Å². The number of nitrogens with zero attached hydrogens (tertiary/aromatic N) is 2. The lowest BCUT2D eigenvalue weighted by atomic mass is 10.2. The van der Waals surface area contributed by atoms with E-state index < -0.39 is 11.9 Å². The third kappa shape index (κ3) is 3.82. The van der Waals surface area contributed by atoms with Gasteiger partial charge in [0.25, 0.3) is 5.91 Å². The number of rotatable bonds is 6. The van der Waals surface area contributed by atoms with Crippen molar-refractivity contribution in [3.63, 3.8) is 0 Å².